The lowest BCUT2D eigenvalue weighted by Crippen LogP contribution is -2.42. The van der Waals surface area contributed by atoms with Gasteiger partial charge in [-0.05, 0) is 36.1 Å². The van der Waals surface area contributed by atoms with Gasteiger partial charge in [0, 0.05) is 7.05 Å². The van der Waals surface area contributed by atoms with E-state index >= 15 is 0 Å². The van der Waals surface area contributed by atoms with E-state index in [9.17, 15) is 4.79 Å². The molecule has 0 spiro atoms. The molecule has 2 amide bonds. The Morgan fingerprint density at radius 2 is 1.63 bits per heavy atom. The van der Waals surface area contributed by atoms with E-state index in [-0.39, 0.29) is 24.0 Å². The number of ether oxygens (including phenoxy) is 2. The Balaban J connectivity index is 1.75. The van der Waals surface area contributed by atoms with Gasteiger partial charge >= 0.3 is 6.03 Å². The monoisotopic (exact) mass is 368 g/mol. The van der Waals surface area contributed by atoms with E-state index < -0.39 is 0 Å². The average molecular weight is 368 g/mol. The van der Waals surface area contributed by atoms with Crippen molar-refractivity contribution in [2.45, 2.75) is 32.9 Å². The molecule has 1 N–H and O–H groups in total. The van der Waals surface area contributed by atoms with Crippen LogP contribution in [-0.4, -0.2) is 31.2 Å². The van der Waals surface area contributed by atoms with Gasteiger partial charge in [-0.25, -0.2) is 4.79 Å². The average Bonchev–Trinajstić information content (AvgIpc) is 2.70. The molecule has 0 saturated heterocycles. The molecule has 0 bridgehead atoms. The number of carbonyl (C=O) groups excluding carboxylic acids is 1. The van der Waals surface area contributed by atoms with Gasteiger partial charge in [-0.3, -0.25) is 0 Å². The Morgan fingerprint density at radius 1 is 0.963 bits per heavy atom. The molecule has 1 heterocycles. The first-order valence-electron chi connectivity index (χ1n) is 9.45. The topological polar surface area (TPSA) is 50.8 Å². The fraction of sp³-hybridized carbons (Fsp3) is 0.409. The Bertz CT molecular complexity index is 776. The van der Waals surface area contributed by atoms with Crippen molar-refractivity contribution < 1.29 is 14.3 Å². The molecule has 0 aliphatic carbocycles. The van der Waals surface area contributed by atoms with Gasteiger partial charge < -0.3 is 19.7 Å². The van der Waals surface area contributed by atoms with Gasteiger partial charge in [-0.2, -0.15) is 0 Å². The molecule has 2 atom stereocenters. The summed E-state index contributed by atoms with van der Waals surface area (Å²) in [4.78, 5) is 14.6. The van der Waals surface area contributed by atoms with Crippen LogP contribution in [0.5, 0.6) is 11.5 Å². The summed E-state index contributed by atoms with van der Waals surface area (Å²) in [5.74, 6) is 1.73. The Hall–Kier alpha value is -2.69. The molecule has 5 nitrogen and oxygen atoms in total. The number of benzene rings is 2. The molecule has 1 aliphatic rings. The number of fused-ring (bicyclic) bond motifs is 1. The Labute approximate surface area is 161 Å². The zero-order valence-corrected chi connectivity index (χ0v) is 16.4. The highest BCUT2D eigenvalue weighted by Crippen LogP contribution is 2.34. The fourth-order valence-electron chi connectivity index (χ4n) is 3.25. The number of nitrogens with zero attached hydrogens (tertiary/aromatic N) is 1. The summed E-state index contributed by atoms with van der Waals surface area (Å²) in [6.07, 6.45) is 0. The maximum atomic E-state index is 12.9. The predicted molar refractivity (Wildman–Crippen MR) is 106 cm³/mol. The molecule has 0 radical (unpaired) electrons. The van der Waals surface area contributed by atoms with Crippen LogP contribution in [0.4, 0.5) is 4.79 Å². The van der Waals surface area contributed by atoms with E-state index in [4.69, 9.17) is 9.47 Å². The zero-order valence-electron chi connectivity index (χ0n) is 16.4. The van der Waals surface area contributed by atoms with Crippen LogP contribution in [0.3, 0.4) is 0 Å². The second-order valence-corrected chi connectivity index (χ2v) is 7.27. The summed E-state index contributed by atoms with van der Waals surface area (Å²) in [6.45, 7) is 7.35. The lowest BCUT2D eigenvalue weighted by Gasteiger charge is -2.30. The predicted octanol–water partition coefficient (Wildman–Crippen LogP) is 4.56. The molecule has 3 rings (SSSR count). The quantitative estimate of drug-likeness (QED) is 0.842. The van der Waals surface area contributed by atoms with E-state index in [2.05, 4.69) is 19.2 Å². The maximum Gasteiger partial charge on any atom is 0.318 e. The van der Waals surface area contributed by atoms with Gasteiger partial charge in [0.2, 0.25) is 0 Å². The molecule has 27 heavy (non-hydrogen) atoms. The highest BCUT2D eigenvalue weighted by Gasteiger charge is 2.24. The van der Waals surface area contributed by atoms with E-state index in [1.165, 1.54) is 0 Å². The van der Waals surface area contributed by atoms with Gasteiger partial charge in [0.15, 0.2) is 11.5 Å². The number of carbonyl (C=O) groups is 1. The molecule has 0 aromatic heterocycles. The highest BCUT2D eigenvalue weighted by molar-refractivity contribution is 5.75. The molecule has 0 unspecified atom stereocenters. The van der Waals surface area contributed by atoms with Crippen molar-refractivity contribution in [2.75, 3.05) is 20.3 Å². The van der Waals surface area contributed by atoms with Crippen molar-refractivity contribution in [3.05, 3.63) is 59.7 Å². The van der Waals surface area contributed by atoms with Gasteiger partial charge in [-0.15, -0.1) is 0 Å². The molecular formula is C22H28N2O3. The van der Waals surface area contributed by atoms with Crippen molar-refractivity contribution in [2.24, 2.45) is 5.92 Å². The normalized spacial score (nSPS) is 15.1. The largest absolute Gasteiger partial charge is 0.486 e. The van der Waals surface area contributed by atoms with Crippen LogP contribution in [0, 0.1) is 5.92 Å². The zero-order chi connectivity index (χ0) is 19.4. The van der Waals surface area contributed by atoms with Gasteiger partial charge in [0.1, 0.15) is 13.2 Å². The van der Waals surface area contributed by atoms with Crippen LogP contribution in [0.1, 0.15) is 44.0 Å². The standard InChI is InChI=1S/C22H28N2O3/c1-15(2)21(18-10-11-19-20(14-18)27-13-12-26-19)23-22(25)24(4)16(3)17-8-6-5-7-9-17/h5-11,14-16,21H,12-13H2,1-4H3,(H,23,25)/t16-,21+/m0/s1. The van der Waals surface area contributed by atoms with Crippen LogP contribution in [-0.2, 0) is 0 Å². The summed E-state index contributed by atoms with van der Waals surface area (Å²) in [6, 6.07) is 15.7. The molecule has 2 aromatic rings. The Kier molecular flexibility index (Phi) is 5.89. The number of nitrogens with one attached hydrogen (secondary N) is 1. The van der Waals surface area contributed by atoms with Crippen molar-refractivity contribution in [3.8, 4) is 11.5 Å². The van der Waals surface area contributed by atoms with Crippen LogP contribution in [0.2, 0.25) is 0 Å². The van der Waals surface area contributed by atoms with E-state index in [1.807, 2.05) is 62.5 Å². The van der Waals surface area contributed by atoms with Crippen LogP contribution < -0.4 is 14.8 Å². The number of urea groups is 1. The third-order valence-electron chi connectivity index (χ3n) is 5.05. The fourth-order valence-corrected chi connectivity index (χ4v) is 3.25. The first-order valence-corrected chi connectivity index (χ1v) is 9.45. The van der Waals surface area contributed by atoms with Gasteiger partial charge in [-0.1, -0.05) is 50.2 Å². The smallest absolute Gasteiger partial charge is 0.318 e. The first-order chi connectivity index (χ1) is 13.0. The van der Waals surface area contributed by atoms with Crippen LogP contribution in [0.15, 0.2) is 48.5 Å². The molecule has 2 aromatic carbocycles. The second-order valence-electron chi connectivity index (χ2n) is 7.27. The third kappa shape index (κ3) is 4.35. The summed E-state index contributed by atoms with van der Waals surface area (Å²) >= 11 is 0. The Morgan fingerprint density at radius 3 is 2.30 bits per heavy atom. The van der Waals surface area contributed by atoms with Crippen molar-refractivity contribution in [3.63, 3.8) is 0 Å². The van der Waals surface area contributed by atoms with Crippen molar-refractivity contribution >= 4 is 6.03 Å². The molecule has 5 heteroatoms. The number of hydrogen-bond donors (Lipinski definition) is 1. The minimum absolute atomic E-state index is 0.0146. The second kappa shape index (κ2) is 8.33. The van der Waals surface area contributed by atoms with E-state index in [0.717, 1.165) is 22.6 Å². The molecule has 0 fully saturated rings. The summed E-state index contributed by atoms with van der Waals surface area (Å²) in [5, 5.41) is 3.18. The van der Waals surface area contributed by atoms with Crippen LogP contribution in [0.25, 0.3) is 0 Å². The van der Waals surface area contributed by atoms with Gasteiger partial charge in [0.05, 0.1) is 12.1 Å². The summed E-state index contributed by atoms with van der Waals surface area (Å²) in [5.41, 5.74) is 2.12. The number of amides is 2. The molecule has 1 aliphatic heterocycles. The lowest BCUT2D eigenvalue weighted by molar-refractivity contribution is 0.170. The summed E-state index contributed by atoms with van der Waals surface area (Å²) in [7, 11) is 1.83. The van der Waals surface area contributed by atoms with E-state index in [0.29, 0.717) is 13.2 Å². The minimum atomic E-state index is -0.112. The molecule has 144 valence electrons. The summed E-state index contributed by atoms with van der Waals surface area (Å²) < 4.78 is 11.3. The van der Waals surface area contributed by atoms with Crippen molar-refractivity contribution in [1.29, 1.82) is 0 Å². The molecule has 0 saturated carbocycles. The first kappa shape index (κ1) is 19.1. The van der Waals surface area contributed by atoms with Gasteiger partial charge in [0.25, 0.3) is 0 Å². The van der Waals surface area contributed by atoms with E-state index in [1.54, 1.807) is 4.90 Å². The van der Waals surface area contributed by atoms with Crippen molar-refractivity contribution in [1.82, 2.24) is 10.2 Å². The SMILES string of the molecule is CC(C)[C@@H](NC(=O)N(C)[C@@H](C)c1ccccc1)c1ccc2c(c1)OCCO2. The maximum absolute atomic E-state index is 12.9. The highest BCUT2D eigenvalue weighted by atomic mass is 16.6. The van der Waals surface area contributed by atoms with Crippen LogP contribution >= 0.6 is 0 Å². The third-order valence-corrected chi connectivity index (χ3v) is 5.05. The number of hydrogen-bond acceptors (Lipinski definition) is 3. The minimum Gasteiger partial charge on any atom is -0.486 e. The molecular weight excluding hydrogens is 340 g/mol. The lowest BCUT2D eigenvalue weighted by atomic mass is 9.95. The number of rotatable bonds is 5.